The number of aryl methyl sites for hydroxylation is 1. The van der Waals surface area contributed by atoms with E-state index in [2.05, 4.69) is 23.3 Å². The van der Waals surface area contributed by atoms with Crippen molar-refractivity contribution in [3.63, 3.8) is 0 Å². The Morgan fingerprint density at radius 1 is 1.41 bits per heavy atom. The van der Waals surface area contributed by atoms with Gasteiger partial charge >= 0.3 is 0 Å². The van der Waals surface area contributed by atoms with E-state index in [0.717, 1.165) is 24.9 Å². The molecular formula is C14H24N2O. The van der Waals surface area contributed by atoms with Crippen LogP contribution in [0.5, 0.6) is 0 Å². The van der Waals surface area contributed by atoms with Crippen molar-refractivity contribution in [3.8, 4) is 0 Å². The van der Waals surface area contributed by atoms with Crippen LogP contribution in [0.4, 0.5) is 0 Å². The highest BCUT2D eigenvalue weighted by Gasteiger charge is 2.19. The Kier molecular flexibility index (Phi) is 4.63. The summed E-state index contributed by atoms with van der Waals surface area (Å²) in [5.41, 5.74) is 1.31. The summed E-state index contributed by atoms with van der Waals surface area (Å²) in [6, 6.07) is 2.92. The summed E-state index contributed by atoms with van der Waals surface area (Å²) in [5.74, 6) is 1.05. The molecule has 0 spiro atoms. The highest BCUT2D eigenvalue weighted by atomic mass is 16.3. The van der Waals surface area contributed by atoms with E-state index in [9.17, 15) is 0 Å². The molecular weight excluding hydrogens is 212 g/mol. The Labute approximate surface area is 104 Å². The molecule has 1 fully saturated rings. The fourth-order valence-corrected chi connectivity index (χ4v) is 2.05. The van der Waals surface area contributed by atoms with Crippen LogP contribution in [-0.2, 0) is 6.54 Å². The van der Waals surface area contributed by atoms with E-state index in [0.29, 0.717) is 0 Å². The molecule has 0 bridgehead atoms. The molecule has 0 unspecified atom stereocenters. The third-order valence-electron chi connectivity index (χ3n) is 3.38. The molecule has 1 heterocycles. The standard InChI is InChI=1S/C14H24N2O/c1-12-13(7-10-17-12)11-16(2)9-4-3-8-15-14-5-6-14/h7,10,14-15H,3-6,8-9,11H2,1-2H3. The van der Waals surface area contributed by atoms with Gasteiger partial charge in [0.2, 0.25) is 0 Å². The number of furan rings is 1. The van der Waals surface area contributed by atoms with Gasteiger partial charge in [-0.2, -0.15) is 0 Å². The fraction of sp³-hybridized carbons (Fsp3) is 0.714. The molecule has 17 heavy (non-hydrogen) atoms. The number of nitrogens with one attached hydrogen (secondary N) is 1. The van der Waals surface area contributed by atoms with Crippen LogP contribution < -0.4 is 5.32 Å². The quantitative estimate of drug-likeness (QED) is 0.703. The van der Waals surface area contributed by atoms with Crippen LogP contribution in [0.15, 0.2) is 16.7 Å². The molecule has 1 saturated carbocycles. The summed E-state index contributed by atoms with van der Waals surface area (Å²) in [6.45, 7) is 5.38. The van der Waals surface area contributed by atoms with Gasteiger partial charge in [-0.3, -0.25) is 0 Å². The Bertz CT molecular complexity index is 331. The molecule has 1 aromatic rings. The highest BCUT2D eigenvalue weighted by molar-refractivity contribution is 5.14. The van der Waals surface area contributed by atoms with Gasteiger partial charge in [-0.1, -0.05) is 0 Å². The van der Waals surface area contributed by atoms with Crippen molar-refractivity contribution < 1.29 is 4.42 Å². The average Bonchev–Trinajstić information content (AvgIpc) is 3.04. The first-order chi connectivity index (χ1) is 8.25. The number of rotatable bonds is 8. The zero-order valence-electron chi connectivity index (χ0n) is 11.0. The molecule has 3 heteroatoms. The monoisotopic (exact) mass is 236 g/mol. The Balaban J connectivity index is 1.54. The van der Waals surface area contributed by atoms with Gasteiger partial charge in [-0.05, 0) is 58.8 Å². The topological polar surface area (TPSA) is 28.4 Å². The SMILES string of the molecule is Cc1occc1CN(C)CCCCNC1CC1. The van der Waals surface area contributed by atoms with Crippen molar-refractivity contribution in [2.75, 3.05) is 20.1 Å². The summed E-state index contributed by atoms with van der Waals surface area (Å²) >= 11 is 0. The minimum absolute atomic E-state index is 0.848. The van der Waals surface area contributed by atoms with E-state index in [1.165, 1.54) is 37.8 Å². The Morgan fingerprint density at radius 3 is 2.88 bits per heavy atom. The summed E-state index contributed by atoms with van der Waals surface area (Å²) in [7, 11) is 2.18. The second kappa shape index (κ2) is 6.22. The van der Waals surface area contributed by atoms with Gasteiger partial charge in [0.25, 0.3) is 0 Å². The van der Waals surface area contributed by atoms with Crippen molar-refractivity contribution in [3.05, 3.63) is 23.7 Å². The van der Waals surface area contributed by atoms with Crippen molar-refractivity contribution in [1.29, 1.82) is 0 Å². The number of hydrogen-bond donors (Lipinski definition) is 1. The molecule has 0 amide bonds. The van der Waals surface area contributed by atoms with Crippen LogP contribution in [-0.4, -0.2) is 31.1 Å². The van der Waals surface area contributed by atoms with E-state index in [1.807, 2.05) is 6.92 Å². The highest BCUT2D eigenvalue weighted by Crippen LogP contribution is 2.18. The van der Waals surface area contributed by atoms with E-state index in [4.69, 9.17) is 4.42 Å². The van der Waals surface area contributed by atoms with Crippen LogP contribution in [0, 0.1) is 6.92 Å². The Morgan fingerprint density at radius 2 is 2.24 bits per heavy atom. The zero-order chi connectivity index (χ0) is 12.1. The maximum Gasteiger partial charge on any atom is 0.105 e. The third-order valence-corrected chi connectivity index (χ3v) is 3.38. The van der Waals surface area contributed by atoms with Gasteiger partial charge in [-0.25, -0.2) is 0 Å². The normalized spacial score (nSPS) is 15.7. The number of nitrogens with zero attached hydrogens (tertiary/aromatic N) is 1. The lowest BCUT2D eigenvalue weighted by molar-refractivity contribution is 0.315. The molecule has 96 valence electrons. The van der Waals surface area contributed by atoms with Crippen LogP contribution in [0.2, 0.25) is 0 Å². The van der Waals surface area contributed by atoms with Crippen molar-refractivity contribution in [2.24, 2.45) is 0 Å². The van der Waals surface area contributed by atoms with Gasteiger partial charge < -0.3 is 14.6 Å². The molecule has 3 nitrogen and oxygen atoms in total. The zero-order valence-corrected chi connectivity index (χ0v) is 11.0. The van der Waals surface area contributed by atoms with Gasteiger partial charge in [0, 0.05) is 18.2 Å². The molecule has 1 aromatic heterocycles. The third kappa shape index (κ3) is 4.52. The minimum atomic E-state index is 0.848. The van der Waals surface area contributed by atoms with E-state index >= 15 is 0 Å². The predicted octanol–water partition coefficient (Wildman–Crippen LogP) is 2.55. The smallest absolute Gasteiger partial charge is 0.105 e. The maximum atomic E-state index is 5.31. The van der Waals surface area contributed by atoms with Crippen LogP contribution in [0.1, 0.15) is 37.0 Å². The van der Waals surface area contributed by atoms with Crippen molar-refractivity contribution >= 4 is 0 Å². The van der Waals surface area contributed by atoms with E-state index < -0.39 is 0 Å². The lowest BCUT2D eigenvalue weighted by Gasteiger charge is -2.16. The van der Waals surface area contributed by atoms with Gasteiger partial charge in [0.1, 0.15) is 5.76 Å². The van der Waals surface area contributed by atoms with E-state index in [-0.39, 0.29) is 0 Å². The second-order valence-electron chi connectivity index (χ2n) is 5.18. The number of hydrogen-bond acceptors (Lipinski definition) is 3. The largest absolute Gasteiger partial charge is 0.469 e. The predicted molar refractivity (Wildman–Crippen MR) is 70.0 cm³/mol. The Hall–Kier alpha value is -0.800. The van der Waals surface area contributed by atoms with Gasteiger partial charge in [-0.15, -0.1) is 0 Å². The van der Waals surface area contributed by atoms with Crippen molar-refractivity contribution in [1.82, 2.24) is 10.2 Å². The molecule has 0 atom stereocenters. The van der Waals surface area contributed by atoms with Crippen LogP contribution in [0.3, 0.4) is 0 Å². The minimum Gasteiger partial charge on any atom is -0.469 e. The summed E-state index contributed by atoms with van der Waals surface area (Å²) in [6.07, 6.45) is 7.11. The summed E-state index contributed by atoms with van der Waals surface area (Å²) in [5, 5.41) is 3.55. The first-order valence-corrected chi connectivity index (χ1v) is 6.70. The lowest BCUT2D eigenvalue weighted by atomic mass is 10.2. The summed E-state index contributed by atoms with van der Waals surface area (Å²) in [4.78, 5) is 2.37. The molecule has 1 N–H and O–H groups in total. The van der Waals surface area contributed by atoms with E-state index in [1.54, 1.807) is 6.26 Å². The maximum absolute atomic E-state index is 5.31. The molecule has 1 aliphatic rings. The second-order valence-corrected chi connectivity index (χ2v) is 5.18. The molecule has 0 aromatic carbocycles. The molecule has 0 saturated heterocycles. The first-order valence-electron chi connectivity index (χ1n) is 6.70. The van der Waals surface area contributed by atoms with Crippen molar-refractivity contribution in [2.45, 2.75) is 45.2 Å². The molecule has 1 aliphatic carbocycles. The first kappa shape index (κ1) is 12.7. The fourth-order valence-electron chi connectivity index (χ4n) is 2.05. The van der Waals surface area contributed by atoms with Crippen LogP contribution in [0.25, 0.3) is 0 Å². The van der Waals surface area contributed by atoms with Gasteiger partial charge in [0.05, 0.1) is 6.26 Å². The molecule has 2 rings (SSSR count). The molecule has 0 radical (unpaired) electrons. The summed E-state index contributed by atoms with van der Waals surface area (Å²) < 4.78 is 5.31. The lowest BCUT2D eigenvalue weighted by Crippen LogP contribution is -2.22. The number of unbranched alkanes of at least 4 members (excludes halogenated alkanes) is 1. The van der Waals surface area contributed by atoms with Gasteiger partial charge in [0.15, 0.2) is 0 Å². The van der Waals surface area contributed by atoms with Crippen LogP contribution >= 0.6 is 0 Å². The average molecular weight is 236 g/mol. The molecule has 0 aliphatic heterocycles.